The third kappa shape index (κ3) is 4.08. The van der Waals surface area contributed by atoms with E-state index in [-0.39, 0.29) is 0 Å². The standard InChI is InChI=1S/C16H29N3OS/c21-16(17-7-9-18-10-12-20-13-11-18)19-8-3-5-14-4-1-2-6-15(14)19/h14-15H,1-13H2,(H,17,21)/t14-,15+/m1/s1. The van der Waals surface area contributed by atoms with Gasteiger partial charge in [0.15, 0.2) is 5.11 Å². The predicted octanol–water partition coefficient (Wildman–Crippen LogP) is 1.85. The van der Waals surface area contributed by atoms with Crippen LogP contribution >= 0.6 is 12.2 Å². The number of rotatable bonds is 3. The average Bonchev–Trinajstić information content (AvgIpc) is 2.55. The number of fused-ring (bicyclic) bond motifs is 1. The zero-order valence-electron chi connectivity index (χ0n) is 13.1. The van der Waals surface area contributed by atoms with Crippen molar-refractivity contribution in [2.45, 2.75) is 44.6 Å². The van der Waals surface area contributed by atoms with Crippen molar-refractivity contribution < 1.29 is 4.74 Å². The molecule has 5 heteroatoms. The lowest BCUT2D eigenvalue weighted by Crippen LogP contribution is -2.54. The second kappa shape index (κ2) is 7.75. The normalized spacial score (nSPS) is 30.8. The third-order valence-corrected chi connectivity index (χ3v) is 5.69. The van der Waals surface area contributed by atoms with Crippen LogP contribution in [0.25, 0.3) is 0 Å². The lowest BCUT2D eigenvalue weighted by atomic mass is 9.78. The summed E-state index contributed by atoms with van der Waals surface area (Å²) in [5.74, 6) is 0.895. The third-order valence-electron chi connectivity index (χ3n) is 5.31. The van der Waals surface area contributed by atoms with Gasteiger partial charge in [-0.15, -0.1) is 0 Å². The van der Waals surface area contributed by atoms with Crippen molar-refractivity contribution >= 4 is 17.3 Å². The van der Waals surface area contributed by atoms with Crippen LogP contribution in [0.4, 0.5) is 0 Å². The van der Waals surface area contributed by atoms with E-state index in [1.165, 1.54) is 38.5 Å². The maximum absolute atomic E-state index is 5.68. The Morgan fingerprint density at radius 3 is 2.67 bits per heavy atom. The van der Waals surface area contributed by atoms with Gasteiger partial charge in [-0.25, -0.2) is 0 Å². The molecule has 2 heterocycles. The number of nitrogens with one attached hydrogen (secondary N) is 1. The van der Waals surface area contributed by atoms with Crippen LogP contribution in [0, 0.1) is 5.92 Å². The molecule has 0 aromatic heterocycles. The van der Waals surface area contributed by atoms with Gasteiger partial charge in [0.1, 0.15) is 0 Å². The fraction of sp³-hybridized carbons (Fsp3) is 0.938. The van der Waals surface area contributed by atoms with E-state index in [9.17, 15) is 0 Å². The lowest BCUT2D eigenvalue weighted by molar-refractivity contribution is 0.0387. The van der Waals surface area contributed by atoms with Gasteiger partial charge in [0.05, 0.1) is 13.2 Å². The van der Waals surface area contributed by atoms with Crippen molar-refractivity contribution in [2.75, 3.05) is 45.9 Å². The average molecular weight is 311 g/mol. The molecule has 0 bridgehead atoms. The van der Waals surface area contributed by atoms with Crippen LogP contribution < -0.4 is 5.32 Å². The summed E-state index contributed by atoms with van der Waals surface area (Å²) in [6.07, 6.45) is 8.29. The topological polar surface area (TPSA) is 27.7 Å². The Morgan fingerprint density at radius 1 is 1.05 bits per heavy atom. The highest BCUT2D eigenvalue weighted by molar-refractivity contribution is 7.80. The summed E-state index contributed by atoms with van der Waals surface area (Å²) < 4.78 is 5.39. The number of hydrogen-bond donors (Lipinski definition) is 1. The van der Waals surface area contributed by atoms with Crippen LogP contribution in [0.5, 0.6) is 0 Å². The second-order valence-electron chi connectivity index (χ2n) is 6.63. The van der Waals surface area contributed by atoms with Gasteiger partial charge in [0.2, 0.25) is 0 Å². The summed E-state index contributed by atoms with van der Waals surface area (Å²) in [6, 6.07) is 0.718. The molecular weight excluding hydrogens is 282 g/mol. The van der Waals surface area contributed by atoms with Crippen molar-refractivity contribution in [3.63, 3.8) is 0 Å². The molecule has 0 aromatic carbocycles. The Labute approximate surface area is 134 Å². The largest absolute Gasteiger partial charge is 0.379 e. The van der Waals surface area contributed by atoms with E-state index >= 15 is 0 Å². The molecule has 1 saturated carbocycles. The number of hydrogen-bond acceptors (Lipinski definition) is 3. The van der Waals surface area contributed by atoms with Gasteiger partial charge in [-0.05, 0) is 43.8 Å². The van der Waals surface area contributed by atoms with E-state index < -0.39 is 0 Å². The van der Waals surface area contributed by atoms with Gasteiger partial charge >= 0.3 is 0 Å². The maximum atomic E-state index is 5.68. The molecule has 3 rings (SSSR count). The predicted molar refractivity (Wildman–Crippen MR) is 89.5 cm³/mol. The Balaban J connectivity index is 1.43. The number of likely N-dealkylation sites (tertiary alicyclic amines) is 1. The molecule has 0 amide bonds. The van der Waals surface area contributed by atoms with Crippen LogP contribution in [0.2, 0.25) is 0 Å². The summed E-state index contributed by atoms with van der Waals surface area (Å²) in [4.78, 5) is 4.96. The van der Waals surface area contributed by atoms with Crippen molar-refractivity contribution in [3.05, 3.63) is 0 Å². The van der Waals surface area contributed by atoms with E-state index in [2.05, 4.69) is 15.1 Å². The summed E-state index contributed by atoms with van der Waals surface area (Å²) in [5.41, 5.74) is 0. The zero-order chi connectivity index (χ0) is 14.5. The fourth-order valence-electron chi connectivity index (χ4n) is 4.12. The number of nitrogens with zero attached hydrogens (tertiary/aromatic N) is 2. The zero-order valence-corrected chi connectivity index (χ0v) is 13.9. The highest BCUT2D eigenvalue weighted by atomic mass is 32.1. The van der Waals surface area contributed by atoms with Crippen LogP contribution in [0.15, 0.2) is 0 Å². The van der Waals surface area contributed by atoms with Crippen molar-refractivity contribution in [3.8, 4) is 0 Å². The molecule has 1 aliphatic carbocycles. The van der Waals surface area contributed by atoms with Crippen molar-refractivity contribution in [1.82, 2.24) is 15.1 Å². The van der Waals surface area contributed by atoms with E-state index in [1.54, 1.807) is 0 Å². The first kappa shape index (κ1) is 15.5. The molecule has 0 spiro atoms. The van der Waals surface area contributed by atoms with Gasteiger partial charge < -0.3 is 15.0 Å². The molecule has 0 radical (unpaired) electrons. The van der Waals surface area contributed by atoms with Crippen molar-refractivity contribution in [2.24, 2.45) is 5.92 Å². The minimum absolute atomic E-state index is 0.718. The Hall–Kier alpha value is -0.390. The Morgan fingerprint density at radius 2 is 1.81 bits per heavy atom. The van der Waals surface area contributed by atoms with E-state index in [4.69, 9.17) is 17.0 Å². The monoisotopic (exact) mass is 311 g/mol. The van der Waals surface area contributed by atoms with E-state index in [0.717, 1.165) is 63.0 Å². The quantitative estimate of drug-likeness (QED) is 0.803. The number of thiocarbonyl (C=S) groups is 1. The van der Waals surface area contributed by atoms with E-state index in [1.807, 2.05) is 0 Å². The molecule has 1 N–H and O–H groups in total. The number of ether oxygens (including phenoxy) is 1. The van der Waals surface area contributed by atoms with Crippen LogP contribution in [0.3, 0.4) is 0 Å². The number of morpholine rings is 1. The van der Waals surface area contributed by atoms with E-state index in [0.29, 0.717) is 0 Å². The molecule has 21 heavy (non-hydrogen) atoms. The highest BCUT2D eigenvalue weighted by Gasteiger charge is 2.34. The Kier molecular flexibility index (Phi) is 5.72. The van der Waals surface area contributed by atoms with Gasteiger partial charge in [-0.1, -0.05) is 12.8 Å². The van der Waals surface area contributed by atoms with Gasteiger partial charge in [-0.3, -0.25) is 4.90 Å². The Bertz CT molecular complexity index is 344. The molecule has 2 atom stereocenters. The molecular formula is C16H29N3OS. The lowest BCUT2D eigenvalue weighted by Gasteiger charge is -2.45. The number of piperidine rings is 1. The first-order chi connectivity index (χ1) is 10.3. The molecule has 0 aromatic rings. The molecule has 3 aliphatic rings. The van der Waals surface area contributed by atoms with Gasteiger partial charge in [-0.2, -0.15) is 0 Å². The minimum Gasteiger partial charge on any atom is -0.379 e. The molecule has 3 fully saturated rings. The molecule has 0 unspecified atom stereocenters. The summed E-state index contributed by atoms with van der Waals surface area (Å²) >= 11 is 5.68. The SMILES string of the molecule is S=C(NCCN1CCOCC1)N1CCC[C@H]2CCCC[C@@H]21. The first-order valence-corrected chi connectivity index (χ1v) is 9.10. The van der Waals surface area contributed by atoms with Crippen LogP contribution in [-0.2, 0) is 4.74 Å². The molecule has 2 aliphatic heterocycles. The molecule has 2 saturated heterocycles. The highest BCUT2D eigenvalue weighted by Crippen LogP contribution is 2.35. The van der Waals surface area contributed by atoms with Crippen molar-refractivity contribution in [1.29, 1.82) is 0 Å². The van der Waals surface area contributed by atoms with Gasteiger partial charge in [0, 0.05) is 38.8 Å². The molecule has 120 valence electrons. The summed E-state index contributed by atoms with van der Waals surface area (Å²) in [5, 5.41) is 4.51. The van der Waals surface area contributed by atoms with Gasteiger partial charge in [0.25, 0.3) is 0 Å². The summed E-state index contributed by atoms with van der Waals surface area (Å²) in [7, 11) is 0. The minimum atomic E-state index is 0.718. The van der Waals surface area contributed by atoms with Crippen LogP contribution in [-0.4, -0.2) is 66.9 Å². The maximum Gasteiger partial charge on any atom is 0.169 e. The molecule has 4 nitrogen and oxygen atoms in total. The first-order valence-electron chi connectivity index (χ1n) is 8.69. The van der Waals surface area contributed by atoms with Crippen LogP contribution in [0.1, 0.15) is 38.5 Å². The smallest absolute Gasteiger partial charge is 0.169 e. The fourth-order valence-corrected chi connectivity index (χ4v) is 4.45. The second-order valence-corrected chi connectivity index (χ2v) is 7.02. The summed E-state index contributed by atoms with van der Waals surface area (Å²) in [6.45, 7) is 7.06.